The van der Waals surface area contributed by atoms with Gasteiger partial charge in [-0.3, -0.25) is 0 Å². The van der Waals surface area contributed by atoms with Crippen LogP contribution < -0.4 is 0 Å². The Morgan fingerprint density at radius 2 is 2.00 bits per heavy atom. The van der Waals surface area contributed by atoms with Crippen LogP contribution in [0, 0.1) is 17.1 Å². The summed E-state index contributed by atoms with van der Waals surface area (Å²) >= 11 is 0. The molecule has 2 aromatic rings. The number of allylic oxidation sites excluding steroid dienone is 3. The molecule has 0 spiro atoms. The third-order valence-corrected chi connectivity index (χ3v) is 4.85. The number of hydrogen-bond acceptors (Lipinski definition) is 2. The van der Waals surface area contributed by atoms with Gasteiger partial charge in [0.1, 0.15) is 17.3 Å². The molecule has 26 heavy (non-hydrogen) atoms. The van der Waals surface area contributed by atoms with E-state index in [1.165, 1.54) is 17.7 Å². The largest absolute Gasteiger partial charge is 0.461 e. The van der Waals surface area contributed by atoms with Crippen LogP contribution in [0.5, 0.6) is 0 Å². The van der Waals surface area contributed by atoms with Gasteiger partial charge in [-0.1, -0.05) is 30.3 Å². The second kappa shape index (κ2) is 8.01. The second-order valence-corrected chi connectivity index (χ2v) is 6.65. The maximum absolute atomic E-state index is 13.8. The number of nitrogens with zero attached hydrogens (tertiary/aromatic N) is 1. The predicted molar refractivity (Wildman–Crippen MR) is 102 cm³/mol. The van der Waals surface area contributed by atoms with E-state index in [-0.39, 0.29) is 11.7 Å². The van der Waals surface area contributed by atoms with Crippen LogP contribution in [-0.4, -0.2) is 0 Å². The lowest BCUT2D eigenvalue weighted by Crippen LogP contribution is -2.11. The first kappa shape index (κ1) is 17.9. The van der Waals surface area contributed by atoms with Gasteiger partial charge in [0.2, 0.25) is 0 Å². The smallest absolute Gasteiger partial charge is 0.129 e. The molecule has 0 aromatic heterocycles. The summed E-state index contributed by atoms with van der Waals surface area (Å²) in [4.78, 5) is 0. The van der Waals surface area contributed by atoms with E-state index in [2.05, 4.69) is 6.92 Å². The van der Waals surface area contributed by atoms with Gasteiger partial charge in [-0.25, -0.2) is 4.39 Å². The summed E-state index contributed by atoms with van der Waals surface area (Å²) in [5, 5.41) is 9.10. The first-order valence-corrected chi connectivity index (χ1v) is 8.89. The van der Waals surface area contributed by atoms with Crippen molar-refractivity contribution >= 4 is 5.76 Å². The van der Waals surface area contributed by atoms with Gasteiger partial charge in [0, 0.05) is 12.0 Å². The lowest BCUT2D eigenvalue weighted by atomic mass is 9.83. The van der Waals surface area contributed by atoms with E-state index in [1.807, 2.05) is 49.4 Å². The average molecular weight is 347 g/mol. The normalized spacial score (nSPS) is 17.8. The van der Waals surface area contributed by atoms with Crippen molar-refractivity contribution in [2.75, 3.05) is 0 Å². The highest BCUT2D eigenvalue weighted by molar-refractivity contribution is 5.60. The Hall–Kier alpha value is -2.86. The van der Waals surface area contributed by atoms with E-state index >= 15 is 0 Å². The average Bonchev–Trinajstić information content (AvgIpc) is 2.67. The Morgan fingerprint density at radius 1 is 1.23 bits per heavy atom. The Bertz CT molecular complexity index is 890. The minimum absolute atomic E-state index is 0.158. The van der Waals surface area contributed by atoms with Crippen LogP contribution in [0.15, 0.2) is 65.9 Å². The molecule has 0 saturated heterocycles. The molecule has 2 nitrogen and oxygen atoms in total. The number of ether oxygens (including phenoxy) is 1. The molecular formula is C23H22FNO. The summed E-state index contributed by atoms with van der Waals surface area (Å²) in [5.41, 5.74) is 3.51. The van der Waals surface area contributed by atoms with Crippen molar-refractivity contribution in [1.82, 2.24) is 0 Å². The molecule has 1 atom stereocenters. The molecule has 1 aliphatic rings. The molecule has 0 heterocycles. The zero-order valence-corrected chi connectivity index (χ0v) is 15.1. The fraction of sp³-hybridized carbons (Fsp3) is 0.261. The molecule has 0 radical (unpaired) electrons. The number of hydrogen-bond donors (Lipinski definition) is 0. The molecule has 0 N–H and O–H groups in total. The number of benzene rings is 2. The van der Waals surface area contributed by atoms with Crippen molar-refractivity contribution in [1.29, 1.82) is 5.26 Å². The van der Waals surface area contributed by atoms with Crippen molar-refractivity contribution in [3.8, 4) is 6.07 Å². The highest BCUT2D eigenvalue weighted by atomic mass is 19.1. The van der Waals surface area contributed by atoms with Crippen LogP contribution in [0.2, 0.25) is 0 Å². The maximum Gasteiger partial charge on any atom is 0.129 e. The van der Waals surface area contributed by atoms with Gasteiger partial charge in [0.15, 0.2) is 0 Å². The molecule has 1 aliphatic carbocycles. The zero-order chi connectivity index (χ0) is 18.5. The molecule has 1 unspecified atom stereocenters. The Labute approximate surface area is 154 Å². The molecule has 2 aromatic carbocycles. The summed E-state index contributed by atoms with van der Waals surface area (Å²) in [6.45, 7) is 4.06. The van der Waals surface area contributed by atoms with Crippen molar-refractivity contribution in [3.63, 3.8) is 0 Å². The topological polar surface area (TPSA) is 33.0 Å². The number of rotatable bonds is 4. The Morgan fingerprint density at radius 3 is 2.69 bits per heavy atom. The van der Waals surface area contributed by atoms with Crippen LogP contribution >= 0.6 is 0 Å². The first-order valence-electron chi connectivity index (χ1n) is 8.89. The van der Waals surface area contributed by atoms with Gasteiger partial charge in [-0.2, -0.15) is 5.26 Å². The molecule has 0 aliphatic heterocycles. The van der Waals surface area contributed by atoms with Gasteiger partial charge < -0.3 is 4.74 Å². The van der Waals surface area contributed by atoms with E-state index < -0.39 is 0 Å². The minimum atomic E-state index is -0.355. The molecule has 0 saturated carbocycles. The van der Waals surface area contributed by atoms with Crippen LogP contribution in [0.1, 0.15) is 55.7 Å². The summed E-state index contributed by atoms with van der Waals surface area (Å²) in [7, 11) is 0. The van der Waals surface area contributed by atoms with Gasteiger partial charge in [-0.05, 0) is 68.0 Å². The molecule has 0 fully saturated rings. The highest BCUT2D eigenvalue weighted by Crippen LogP contribution is 2.39. The van der Waals surface area contributed by atoms with Crippen LogP contribution in [-0.2, 0) is 4.74 Å². The van der Waals surface area contributed by atoms with E-state index in [1.54, 1.807) is 6.07 Å². The van der Waals surface area contributed by atoms with Crippen molar-refractivity contribution < 1.29 is 9.13 Å². The van der Waals surface area contributed by atoms with Gasteiger partial charge in [-0.15, -0.1) is 0 Å². The SMILES string of the molecule is C/C=C(\OC1=C(C)CCC(c2cc(F)cc(C#N)c2)C1)c1ccccc1. The van der Waals surface area contributed by atoms with Gasteiger partial charge in [0.05, 0.1) is 11.6 Å². The molecule has 0 bridgehead atoms. The zero-order valence-electron chi connectivity index (χ0n) is 15.1. The van der Waals surface area contributed by atoms with Crippen molar-refractivity contribution in [2.45, 2.75) is 39.0 Å². The summed E-state index contributed by atoms with van der Waals surface area (Å²) < 4.78 is 20.1. The molecule has 3 rings (SSSR count). The fourth-order valence-electron chi connectivity index (χ4n) is 3.38. The van der Waals surface area contributed by atoms with Gasteiger partial charge >= 0.3 is 0 Å². The monoisotopic (exact) mass is 347 g/mol. The van der Waals surface area contributed by atoms with E-state index in [4.69, 9.17) is 10.00 Å². The Kier molecular flexibility index (Phi) is 5.53. The van der Waals surface area contributed by atoms with Crippen LogP contribution in [0.4, 0.5) is 4.39 Å². The van der Waals surface area contributed by atoms with Crippen LogP contribution in [0.3, 0.4) is 0 Å². The fourth-order valence-corrected chi connectivity index (χ4v) is 3.38. The molecule has 0 amide bonds. The summed E-state index contributed by atoms with van der Waals surface area (Å²) in [5.74, 6) is 1.58. The van der Waals surface area contributed by atoms with E-state index in [9.17, 15) is 4.39 Å². The van der Waals surface area contributed by atoms with E-state index in [0.717, 1.165) is 35.5 Å². The van der Waals surface area contributed by atoms with Crippen LogP contribution in [0.25, 0.3) is 5.76 Å². The van der Waals surface area contributed by atoms with Crippen molar-refractivity contribution in [2.24, 2.45) is 0 Å². The van der Waals surface area contributed by atoms with Gasteiger partial charge in [0.25, 0.3) is 0 Å². The lowest BCUT2D eigenvalue weighted by Gasteiger charge is -2.27. The number of halogens is 1. The van der Waals surface area contributed by atoms with Crippen molar-refractivity contribution in [3.05, 3.63) is 88.4 Å². The third kappa shape index (κ3) is 4.03. The standard InChI is InChI=1S/C23H22FNO/c1-3-22(18-7-5-4-6-8-18)26-23-14-19(10-9-16(23)2)20-11-17(15-25)12-21(24)13-20/h3-8,11-13,19H,9-10,14H2,1-2H3/b22-3-. The summed E-state index contributed by atoms with van der Waals surface area (Å²) in [6.07, 6.45) is 4.52. The maximum atomic E-state index is 13.8. The quantitative estimate of drug-likeness (QED) is 0.607. The molecular weight excluding hydrogens is 325 g/mol. The highest BCUT2D eigenvalue weighted by Gasteiger charge is 2.23. The molecule has 3 heteroatoms. The predicted octanol–water partition coefficient (Wildman–Crippen LogP) is 6.32. The molecule has 132 valence electrons. The second-order valence-electron chi connectivity index (χ2n) is 6.65. The first-order chi connectivity index (χ1) is 12.6. The lowest BCUT2D eigenvalue weighted by molar-refractivity contribution is 0.325. The number of nitriles is 1. The van der Waals surface area contributed by atoms with E-state index in [0.29, 0.717) is 12.0 Å². The minimum Gasteiger partial charge on any atom is -0.461 e. The third-order valence-electron chi connectivity index (χ3n) is 4.85. The summed E-state index contributed by atoms with van der Waals surface area (Å²) in [6, 6.07) is 16.7. The Balaban J connectivity index is 1.83.